The Hall–Kier alpha value is -0.770. The van der Waals surface area contributed by atoms with E-state index < -0.39 is 0 Å². The summed E-state index contributed by atoms with van der Waals surface area (Å²) in [7, 11) is 1.53. The van der Waals surface area contributed by atoms with Gasteiger partial charge in [0.25, 0.3) is 0 Å². The molecule has 3 nitrogen and oxygen atoms in total. The van der Waals surface area contributed by atoms with Crippen LogP contribution in [0.15, 0.2) is 12.1 Å². The number of aromatic nitrogens is 2. The molecular weight excluding hydrogens is 258 g/mol. The highest BCUT2D eigenvalue weighted by Crippen LogP contribution is 2.32. The normalized spacial score (nSPS) is 10.7. The van der Waals surface area contributed by atoms with Crippen LogP contribution >= 0.6 is 34.8 Å². The van der Waals surface area contributed by atoms with Crippen LogP contribution in [0.25, 0.3) is 11.0 Å². The van der Waals surface area contributed by atoms with E-state index in [0.717, 1.165) is 0 Å². The van der Waals surface area contributed by atoms with Gasteiger partial charge >= 0.3 is 0 Å². The molecule has 15 heavy (non-hydrogen) atoms. The molecule has 0 fully saturated rings. The van der Waals surface area contributed by atoms with Gasteiger partial charge in [-0.05, 0) is 12.1 Å². The van der Waals surface area contributed by atoms with E-state index in [1.54, 1.807) is 12.1 Å². The summed E-state index contributed by atoms with van der Waals surface area (Å²) in [6.07, 6.45) is 0. The van der Waals surface area contributed by atoms with Crippen LogP contribution in [-0.4, -0.2) is 17.1 Å². The van der Waals surface area contributed by atoms with Gasteiger partial charge in [0, 0.05) is 0 Å². The van der Waals surface area contributed by atoms with Gasteiger partial charge in [-0.25, -0.2) is 9.97 Å². The van der Waals surface area contributed by atoms with Gasteiger partial charge in [-0.15, -0.1) is 0 Å². The third-order valence-electron chi connectivity index (χ3n) is 1.88. The van der Waals surface area contributed by atoms with Crippen LogP contribution in [0.1, 0.15) is 0 Å². The van der Waals surface area contributed by atoms with Crippen molar-refractivity contribution >= 4 is 45.8 Å². The average Bonchev–Trinajstić information content (AvgIpc) is 2.22. The van der Waals surface area contributed by atoms with Crippen molar-refractivity contribution in [1.82, 2.24) is 9.97 Å². The van der Waals surface area contributed by atoms with Gasteiger partial charge in [-0.1, -0.05) is 34.8 Å². The first kappa shape index (κ1) is 10.7. The van der Waals surface area contributed by atoms with Gasteiger partial charge in [-0.3, -0.25) is 0 Å². The minimum Gasteiger partial charge on any atom is -0.495 e. The molecule has 1 heterocycles. The number of methoxy groups -OCH3 is 1. The van der Waals surface area contributed by atoms with Crippen LogP contribution in [-0.2, 0) is 0 Å². The van der Waals surface area contributed by atoms with E-state index >= 15 is 0 Å². The Morgan fingerprint density at radius 3 is 2.40 bits per heavy atom. The lowest BCUT2D eigenvalue weighted by molar-refractivity contribution is 0.415. The minimum atomic E-state index is 0.124. The molecule has 0 bridgehead atoms. The van der Waals surface area contributed by atoms with Gasteiger partial charge in [0.1, 0.15) is 16.3 Å². The van der Waals surface area contributed by atoms with Gasteiger partial charge in [0.05, 0.1) is 12.6 Å². The summed E-state index contributed by atoms with van der Waals surface area (Å²) in [5.74, 6) is 0.525. The molecule has 2 rings (SSSR count). The zero-order valence-corrected chi connectivity index (χ0v) is 9.86. The number of rotatable bonds is 1. The quantitative estimate of drug-likeness (QED) is 0.788. The second kappa shape index (κ2) is 4.00. The van der Waals surface area contributed by atoms with Crippen molar-refractivity contribution in [1.29, 1.82) is 0 Å². The molecule has 0 saturated heterocycles. The standard InChI is InChI=1S/C9H5Cl3N2O/c1-15-5-3-2-4-7(6(5)10)14-9(12)8(11)13-4/h2-3H,1H3. The number of fused-ring (bicyclic) bond motifs is 1. The topological polar surface area (TPSA) is 35.0 Å². The summed E-state index contributed by atoms with van der Waals surface area (Å²) in [6, 6.07) is 3.42. The molecule has 0 aliphatic heterocycles. The van der Waals surface area contributed by atoms with Crippen LogP contribution in [0, 0.1) is 0 Å². The molecule has 0 aliphatic carbocycles. The van der Waals surface area contributed by atoms with E-state index in [1.165, 1.54) is 7.11 Å². The second-order valence-electron chi connectivity index (χ2n) is 2.75. The van der Waals surface area contributed by atoms with Crippen molar-refractivity contribution in [2.75, 3.05) is 7.11 Å². The molecule has 0 spiro atoms. The molecule has 0 aliphatic rings. The zero-order valence-electron chi connectivity index (χ0n) is 7.59. The highest BCUT2D eigenvalue weighted by atomic mass is 35.5. The zero-order chi connectivity index (χ0) is 11.0. The Morgan fingerprint density at radius 1 is 1.07 bits per heavy atom. The molecule has 0 saturated carbocycles. The van der Waals surface area contributed by atoms with Gasteiger partial charge in [0.15, 0.2) is 10.3 Å². The largest absolute Gasteiger partial charge is 0.495 e. The molecular formula is C9H5Cl3N2O. The maximum Gasteiger partial charge on any atom is 0.167 e. The van der Waals surface area contributed by atoms with Crippen molar-refractivity contribution in [2.24, 2.45) is 0 Å². The summed E-state index contributed by atoms with van der Waals surface area (Å²) >= 11 is 17.5. The number of nitrogens with zero attached hydrogens (tertiary/aromatic N) is 2. The lowest BCUT2D eigenvalue weighted by Gasteiger charge is -2.05. The minimum absolute atomic E-state index is 0.124. The lowest BCUT2D eigenvalue weighted by atomic mass is 10.3. The Labute approximate surface area is 101 Å². The number of hydrogen-bond acceptors (Lipinski definition) is 3. The Balaban J connectivity index is 2.81. The molecule has 6 heteroatoms. The molecule has 0 unspecified atom stereocenters. The fraction of sp³-hybridized carbons (Fsp3) is 0.111. The van der Waals surface area contributed by atoms with E-state index in [1.807, 2.05) is 0 Å². The molecule has 2 aromatic rings. The number of hydrogen-bond donors (Lipinski definition) is 0. The Bertz CT molecular complexity index is 530. The smallest absolute Gasteiger partial charge is 0.167 e. The SMILES string of the molecule is COc1ccc2nc(Cl)c(Cl)nc2c1Cl. The first-order valence-corrected chi connectivity index (χ1v) is 5.12. The molecule has 0 N–H and O–H groups in total. The van der Waals surface area contributed by atoms with Crippen LogP contribution in [0.4, 0.5) is 0 Å². The predicted molar refractivity (Wildman–Crippen MR) is 61.1 cm³/mol. The fourth-order valence-electron chi connectivity index (χ4n) is 1.19. The first-order chi connectivity index (χ1) is 7.13. The highest BCUT2D eigenvalue weighted by Gasteiger charge is 2.11. The second-order valence-corrected chi connectivity index (χ2v) is 3.85. The van der Waals surface area contributed by atoms with Crippen molar-refractivity contribution in [3.63, 3.8) is 0 Å². The number of ether oxygens (including phenoxy) is 1. The molecule has 78 valence electrons. The fourth-order valence-corrected chi connectivity index (χ4v) is 1.73. The first-order valence-electron chi connectivity index (χ1n) is 3.98. The molecule has 1 aromatic heterocycles. The van der Waals surface area contributed by atoms with E-state index in [-0.39, 0.29) is 10.3 Å². The van der Waals surface area contributed by atoms with Crippen molar-refractivity contribution in [3.05, 3.63) is 27.5 Å². The maximum atomic E-state index is 6.04. The predicted octanol–water partition coefficient (Wildman–Crippen LogP) is 3.60. The van der Waals surface area contributed by atoms with Crippen molar-refractivity contribution < 1.29 is 4.74 Å². The van der Waals surface area contributed by atoms with Gasteiger partial charge in [0.2, 0.25) is 0 Å². The molecule has 0 amide bonds. The highest BCUT2D eigenvalue weighted by molar-refractivity contribution is 6.41. The number of benzene rings is 1. The summed E-state index contributed by atoms with van der Waals surface area (Å²) in [6.45, 7) is 0. The summed E-state index contributed by atoms with van der Waals surface area (Å²) in [5, 5.41) is 0.658. The average molecular weight is 264 g/mol. The van der Waals surface area contributed by atoms with E-state index in [2.05, 4.69) is 9.97 Å². The number of halogens is 3. The van der Waals surface area contributed by atoms with Gasteiger partial charge < -0.3 is 4.74 Å². The maximum absolute atomic E-state index is 6.04. The van der Waals surface area contributed by atoms with Crippen molar-refractivity contribution in [3.8, 4) is 5.75 Å². The van der Waals surface area contributed by atoms with Crippen LogP contribution in [0.3, 0.4) is 0 Å². The summed E-state index contributed by atoms with van der Waals surface area (Å²) in [4.78, 5) is 8.08. The van der Waals surface area contributed by atoms with E-state index in [9.17, 15) is 0 Å². The lowest BCUT2D eigenvalue weighted by Crippen LogP contribution is -1.90. The van der Waals surface area contributed by atoms with Crippen LogP contribution in [0.2, 0.25) is 15.3 Å². The summed E-state index contributed by atoms with van der Waals surface area (Å²) < 4.78 is 5.05. The third-order valence-corrected chi connectivity index (χ3v) is 2.87. The van der Waals surface area contributed by atoms with Crippen LogP contribution < -0.4 is 4.74 Å². The monoisotopic (exact) mass is 262 g/mol. The van der Waals surface area contributed by atoms with Gasteiger partial charge in [-0.2, -0.15) is 0 Å². The van der Waals surface area contributed by atoms with E-state index in [0.29, 0.717) is 21.8 Å². The molecule has 1 aromatic carbocycles. The Kier molecular flexibility index (Phi) is 2.87. The third kappa shape index (κ3) is 1.83. The summed E-state index contributed by atoms with van der Waals surface area (Å²) in [5.41, 5.74) is 1.06. The van der Waals surface area contributed by atoms with Crippen molar-refractivity contribution in [2.45, 2.75) is 0 Å². The molecule has 0 radical (unpaired) electrons. The Morgan fingerprint density at radius 2 is 1.73 bits per heavy atom. The molecule has 0 atom stereocenters. The van der Waals surface area contributed by atoms with Crippen LogP contribution in [0.5, 0.6) is 5.75 Å². The van der Waals surface area contributed by atoms with E-state index in [4.69, 9.17) is 39.5 Å².